The third-order valence-electron chi connectivity index (χ3n) is 4.35. The normalized spacial score (nSPS) is 10.7. The highest BCUT2D eigenvalue weighted by Gasteiger charge is 2.07. The number of esters is 1. The molecule has 136 valence electrons. The summed E-state index contributed by atoms with van der Waals surface area (Å²) < 4.78 is 5.29. The van der Waals surface area contributed by atoms with Crippen molar-refractivity contribution in [1.29, 1.82) is 0 Å². The van der Waals surface area contributed by atoms with Gasteiger partial charge in [-0.25, -0.2) is 4.79 Å². The highest BCUT2D eigenvalue weighted by molar-refractivity contribution is 5.87. The van der Waals surface area contributed by atoms with Crippen molar-refractivity contribution in [2.75, 3.05) is 6.61 Å². The lowest BCUT2D eigenvalue weighted by Crippen LogP contribution is -2.08. The molecule has 0 aromatic carbocycles. The Morgan fingerprint density at radius 1 is 0.696 bits per heavy atom. The van der Waals surface area contributed by atoms with Crippen LogP contribution in [0.15, 0.2) is 12.2 Å². The molecule has 0 atom stereocenters. The van der Waals surface area contributed by atoms with Crippen LogP contribution in [0.1, 0.15) is 110 Å². The van der Waals surface area contributed by atoms with Crippen LogP contribution in [0.2, 0.25) is 0 Å². The predicted octanol–water partition coefficient (Wildman–Crippen LogP) is 6.98. The first kappa shape index (κ1) is 22.2. The summed E-state index contributed by atoms with van der Waals surface area (Å²) in [4.78, 5) is 11.7. The summed E-state index contributed by atoms with van der Waals surface area (Å²) in [6, 6.07) is 0. The zero-order valence-electron chi connectivity index (χ0n) is 15.8. The Kier molecular flexibility index (Phi) is 17.0. The molecule has 0 spiro atoms. The van der Waals surface area contributed by atoms with E-state index in [0.29, 0.717) is 12.2 Å². The topological polar surface area (TPSA) is 26.3 Å². The monoisotopic (exact) mass is 324 g/mol. The van der Waals surface area contributed by atoms with E-state index in [2.05, 4.69) is 20.4 Å². The molecule has 0 saturated heterocycles. The number of hydrogen-bond acceptors (Lipinski definition) is 2. The van der Waals surface area contributed by atoms with Crippen molar-refractivity contribution in [3.05, 3.63) is 12.2 Å². The molecular weight excluding hydrogens is 284 g/mol. The van der Waals surface area contributed by atoms with E-state index in [4.69, 9.17) is 4.74 Å². The summed E-state index contributed by atoms with van der Waals surface area (Å²) >= 11 is 0. The van der Waals surface area contributed by atoms with Gasteiger partial charge in [0.15, 0.2) is 0 Å². The molecule has 0 fully saturated rings. The van der Waals surface area contributed by atoms with Gasteiger partial charge in [-0.1, -0.05) is 97.5 Å². The first-order valence-electron chi connectivity index (χ1n) is 10.1. The molecule has 0 rings (SSSR count). The highest BCUT2D eigenvalue weighted by atomic mass is 16.5. The van der Waals surface area contributed by atoms with Gasteiger partial charge in [-0.15, -0.1) is 0 Å². The van der Waals surface area contributed by atoms with E-state index < -0.39 is 0 Å². The van der Waals surface area contributed by atoms with Gasteiger partial charge in [-0.05, 0) is 19.3 Å². The van der Waals surface area contributed by atoms with E-state index in [1.807, 2.05) is 0 Å². The summed E-state index contributed by atoms with van der Waals surface area (Å²) in [5.41, 5.74) is 0.646. The van der Waals surface area contributed by atoms with E-state index >= 15 is 0 Å². The minimum atomic E-state index is -0.183. The summed E-state index contributed by atoms with van der Waals surface area (Å²) in [6.07, 6.45) is 18.5. The lowest BCUT2D eigenvalue weighted by Gasteiger charge is -2.07. The minimum Gasteiger partial charge on any atom is -0.462 e. The second kappa shape index (κ2) is 17.6. The zero-order valence-corrected chi connectivity index (χ0v) is 15.8. The standard InChI is InChI=1S/C21H40O2/c1-4-6-8-10-11-12-13-14-15-17-19-23-21(22)20(3)18-16-9-7-5-2/h3-19H2,1-2H3. The Balaban J connectivity index is 3.30. The van der Waals surface area contributed by atoms with E-state index in [9.17, 15) is 4.79 Å². The maximum atomic E-state index is 11.7. The highest BCUT2D eigenvalue weighted by Crippen LogP contribution is 2.12. The van der Waals surface area contributed by atoms with Crippen LogP contribution in [-0.2, 0) is 9.53 Å². The molecule has 0 aromatic heterocycles. The fourth-order valence-electron chi connectivity index (χ4n) is 2.72. The average Bonchev–Trinajstić information content (AvgIpc) is 2.56. The summed E-state index contributed by atoms with van der Waals surface area (Å²) in [5.74, 6) is -0.183. The number of ether oxygens (including phenoxy) is 1. The van der Waals surface area contributed by atoms with E-state index in [1.165, 1.54) is 77.0 Å². The van der Waals surface area contributed by atoms with Crippen LogP contribution in [0.4, 0.5) is 0 Å². The summed E-state index contributed by atoms with van der Waals surface area (Å²) in [7, 11) is 0. The van der Waals surface area contributed by atoms with Gasteiger partial charge >= 0.3 is 5.97 Å². The van der Waals surface area contributed by atoms with Crippen LogP contribution in [-0.4, -0.2) is 12.6 Å². The number of hydrogen-bond donors (Lipinski definition) is 0. The third-order valence-corrected chi connectivity index (χ3v) is 4.35. The molecule has 2 nitrogen and oxygen atoms in total. The molecule has 0 aromatic rings. The number of unbranched alkanes of at least 4 members (excludes halogenated alkanes) is 12. The molecular formula is C21H40O2. The molecule has 0 unspecified atom stereocenters. The second-order valence-electron chi connectivity index (χ2n) is 6.73. The van der Waals surface area contributed by atoms with Crippen LogP contribution in [0.25, 0.3) is 0 Å². The predicted molar refractivity (Wildman–Crippen MR) is 101 cm³/mol. The molecule has 2 heteroatoms. The number of carbonyl (C=O) groups excluding carboxylic acids is 1. The SMILES string of the molecule is C=C(CCCCCC)C(=O)OCCCCCCCCCCCC. The van der Waals surface area contributed by atoms with Crippen LogP contribution in [0.3, 0.4) is 0 Å². The van der Waals surface area contributed by atoms with Crippen molar-refractivity contribution >= 4 is 5.97 Å². The van der Waals surface area contributed by atoms with Gasteiger partial charge in [0.2, 0.25) is 0 Å². The Hall–Kier alpha value is -0.790. The molecule has 0 bridgehead atoms. The van der Waals surface area contributed by atoms with Gasteiger partial charge in [0.1, 0.15) is 0 Å². The van der Waals surface area contributed by atoms with E-state index in [1.54, 1.807) is 0 Å². The molecule has 0 aliphatic rings. The van der Waals surface area contributed by atoms with Gasteiger partial charge < -0.3 is 4.74 Å². The third kappa shape index (κ3) is 15.9. The zero-order chi connectivity index (χ0) is 17.2. The molecule has 0 N–H and O–H groups in total. The lowest BCUT2D eigenvalue weighted by molar-refractivity contribution is -0.139. The molecule has 23 heavy (non-hydrogen) atoms. The van der Waals surface area contributed by atoms with Crippen molar-refractivity contribution in [1.82, 2.24) is 0 Å². The Morgan fingerprint density at radius 3 is 1.65 bits per heavy atom. The van der Waals surface area contributed by atoms with Crippen LogP contribution in [0, 0.1) is 0 Å². The quantitative estimate of drug-likeness (QED) is 0.164. The fraction of sp³-hybridized carbons (Fsp3) is 0.857. The largest absolute Gasteiger partial charge is 0.462 e. The number of carbonyl (C=O) groups is 1. The van der Waals surface area contributed by atoms with Crippen LogP contribution < -0.4 is 0 Å². The minimum absolute atomic E-state index is 0.183. The maximum Gasteiger partial charge on any atom is 0.333 e. The van der Waals surface area contributed by atoms with Gasteiger partial charge in [0.05, 0.1) is 6.61 Å². The molecule has 0 aliphatic heterocycles. The fourth-order valence-corrected chi connectivity index (χ4v) is 2.72. The Labute approximate surface area is 145 Å². The lowest BCUT2D eigenvalue weighted by atomic mass is 10.1. The Bertz CT molecular complexity index is 284. The molecule has 0 saturated carbocycles. The summed E-state index contributed by atoms with van der Waals surface area (Å²) in [5, 5.41) is 0. The first-order chi connectivity index (χ1) is 11.2. The molecule has 0 radical (unpaired) electrons. The first-order valence-corrected chi connectivity index (χ1v) is 10.1. The molecule has 0 amide bonds. The average molecular weight is 325 g/mol. The van der Waals surface area contributed by atoms with Gasteiger partial charge in [0, 0.05) is 5.57 Å². The maximum absolute atomic E-state index is 11.7. The van der Waals surface area contributed by atoms with Crippen LogP contribution in [0.5, 0.6) is 0 Å². The summed E-state index contributed by atoms with van der Waals surface area (Å²) in [6.45, 7) is 8.86. The van der Waals surface area contributed by atoms with Crippen molar-refractivity contribution < 1.29 is 9.53 Å². The Morgan fingerprint density at radius 2 is 1.13 bits per heavy atom. The van der Waals surface area contributed by atoms with Gasteiger partial charge in [-0.2, -0.15) is 0 Å². The van der Waals surface area contributed by atoms with Gasteiger partial charge in [-0.3, -0.25) is 0 Å². The van der Waals surface area contributed by atoms with E-state index in [-0.39, 0.29) is 5.97 Å². The smallest absolute Gasteiger partial charge is 0.333 e. The molecule has 0 heterocycles. The van der Waals surface area contributed by atoms with Crippen molar-refractivity contribution in [3.8, 4) is 0 Å². The van der Waals surface area contributed by atoms with Crippen molar-refractivity contribution in [2.45, 2.75) is 110 Å². The second-order valence-corrected chi connectivity index (χ2v) is 6.73. The van der Waals surface area contributed by atoms with Gasteiger partial charge in [0.25, 0.3) is 0 Å². The molecule has 0 aliphatic carbocycles. The number of rotatable bonds is 17. The van der Waals surface area contributed by atoms with Crippen LogP contribution >= 0.6 is 0 Å². The van der Waals surface area contributed by atoms with Crippen molar-refractivity contribution in [3.63, 3.8) is 0 Å². The van der Waals surface area contributed by atoms with E-state index in [0.717, 1.165) is 19.3 Å². The van der Waals surface area contributed by atoms with Crippen molar-refractivity contribution in [2.24, 2.45) is 0 Å².